The summed E-state index contributed by atoms with van der Waals surface area (Å²) >= 11 is 0. The fourth-order valence-corrected chi connectivity index (χ4v) is 2.87. The van der Waals surface area contributed by atoms with Crippen LogP contribution < -0.4 is 4.72 Å². The van der Waals surface area contributed by atoms with Gasteiger partial charge in [0.15, 0.2) is 0 Å². The van der Waals surface area contributed by atoms with Crippen molar-refractivity contribution in [2.45, 2.75) is 25.9 Å². The molecular formula is C10H22N2O3S. The minimum atomic E-state index is -3.11. The van der Waals surface area contributed by atoms with Gasteiger partial charge in [0, 0.05) is 19.6 Å². The smallest absolute Gasteiger partial charge is 0.211 e. The molecule has 1 unspecified atom stereocenters. The van der Waals surface area contributed by atoms with Crippen molar-refractivity contribution >= 4 is 10.0 Å². The van der Waals surface area contributed by atoms with Gasteiger partial charge < -0.3 is 9.64 Å². The standard InChI is InChI=1S/C10H22N2O3S/c1-3-4-7-16(13,14)11-8-10-9-12(2)5-6-15-10/h10-11H,3-9H2,1-2H3. The number of nitrogens with one attached hydrogen (secondary N) is 1. The molecule has 0 amide bonds. The summed E-state index contributed by atoms with van der Waals surface area (Å²) in [6.45, 7) is 4.75. The van der Waals surface area contributed by atoms with Gasteiger partial charge in [-0.3, -0.25) is 0 Å². The van der Waals surface area contributed by atoms with Gasteiger partial charge in [0.2, 0.25) is 10.0 Å². The van der Waals surface area contributed by atoms with Crippen LogP contribution in [0.1, 0.15) is 19.8 Å². The second kappa shape index (κ2) is 6.54. The Kier molecular flexibility index (Phi) is 5.68. The molecule has 6 heteroatoms. The van der Waals surface area contributed by atoms with Crippen molar-refractivity contribution < 1.29 is 13.2 Å². The molecule has 0 aromatic heterocycles. The van der Waals surface area contributed by atoms with Crippen LogP contribution in [-0.2, 0) is 14.8 Å². The average Bonchev–Trinajstić information content (AvgIpc) is 2.24. The molecule has 1 aliphatic heterocycles. The summed E-state index contributed by atoms with van der Waals surface area (Å²) in [7, 11) is -1.09. The second-order valence-corrected chi connectivity index (χ2v) is 6.20. The number of rotatable bonds is 6. The molecule has 0 bridgehead atoms. The van der Waals surface area contributed by atoms with Gasteiger partial charge in [-0.1, -0.05) is 13.3 Å². The summed E-state index contributed by atoms with van der Waals surface area (Å²) in [5.74, 6) is 0.214. The monoisotopic (exact) mass is 250 g/mol. The SMILES string of the molecule is CCCCS(=O)(=O)NCC1CN(C)CCO1. The van der Waals surface area contributed by atoms with Crippen molar-refractivity contribution in [3.63, 3.8) is 0 Å². The van der Waals surface area contributed by atoms with Crippen molar-refractivity contribution in [1.29, 1.82) is 0 Å². The molecule has 0 aliphatic carbocycles. The van der Waals surface area contributed by atoms with Gasteiger partial charge in [-0.2, -0.15) is 0 Å². The van der Waals surface area contributed by atoms with Gasteiger partial charge in [0.1, 0.15) is 0 Å². The number of morpholine rings is 1. The van der Waals surface area contributed by atoms with Crippen LogP contribution in [0.2, 0.25) is 0 Å². The Hall–Kier alpha value is -0.170. The molecule has 1 rings (SSSR count). The van der Waals surface area contributed by atoms with Crippen LogP contribution in [0.25, 0.3) is 0 Å². The summed E-state index contributed by atoms with van der Waals surface area (Å²) < 4.78 is 31.2. The maximum absolute atomic E-state index is 11.5. The molecular weight excluding hydrogens is 228 g/mol. The van der Waals surface area contributed by atoms with E-state index >= 15 is 0 Å². The van der Waals surface area contributed by atoms with Crippen LogP contribution in [0.15, 0.2) is 0 Å². The Morgan fingerprint density at radius 3 is 2.88 bits per heavy atom. The highest BCUT2D eigenvalue weighted by atomic mass is 32.2. The van der Waals surface area contributed by atoms with E-state index in [-0.39, 0.29) is 11.9 Å². The lowest BCUT2D eigenvalue weighted by molar-refractivity contribution is -0.0156. The molecule has 5 nitrogen and oxygen atoms in total. The van der Waals surface area contributed by atoms with Crippen LogP contribution in [0, 0.1) is 0 Å². The molecule has 0 saturated carbocycles. The van der Waals surface area contributed by atoms with Crippen molar-refractivity contribution in [3.8, 4) is 0 Å². The number of unbranched alkanes of at least 4 members (excludes halogenated alkanes) is 1. The first-order valence-electron chi connectivity index (χ1n) is 5.81. The number of ether oxygens (including phenoxy) is 1. The molecule has 0 aromatic rings. The second-order valence-electron chi connectivity index (χ2n) is 4.28. The van der Waals surface area contributed by atoms with Crippen molar-refractivity contribution in [3.05, 3.63) is 0 Å². The predicted octanol–water partition coefficient (Wildman–Crippen LogP) is 0.0365. The van der Waals surface area contributed by atoms with Gasteiger partial charge in [-0.05, 0) is 13.5 Å². The average molecular weight is 250 g/mol. The van der Waals surface area contributed by atoms with Gasteiger partial charge in [-0.15, -0.1) is 0 Å². The van der Waals surface area contributed by atoms with Crippen molar-refractivity contribution in [2.75, 3.05) is 39.0 Å². The number of nitrogens with zero attached hydrogens (tertiary/aromatic N) is 1. The van der Waals surface area contributed by atoms with E-state index in [1.807, 2.05) is 14.0 Å². The highest BCUT2D eigenvalue weighted by Gasteiger charge is 2.19. The van der Waals surface area contributed by atoms with Crippen LogP contribution in [-0.4, -0.2) is 58.5 Å². The number of likely N-dealkylation sites (N-methyl/N-ethyl adjacent to an activating group) is 1. The van der Waals surface area contributed by atoms with E-state index in [4.69, 9.17) is 4.74 Å². The number of hydrogen-bond donors (Lipinski definition) is 1. The van der Waals surface area contributed by atoms with Gasteiger partial charge in [-0.25, -0.2) is 13.1 Å². The van der Waals surface area contributed by atoms with Crippen molar-refractivity contribution in [2.24, 2.45) is 0 Å². The summed E-state index contributed by atoms with van der Waals surface area (Å²) in [4.78, 5) is 2.15. The molecule has 1 aliphatic rings. The van der Waals surface area contributed by atoms with Crippen LogP contribution in [0.3, 0.4) is 0 Å². The first-order chi connectivity index (χ1) is 7.53. The zero-order valence-corrected chi connectivity index (χ0v) is 10.9. The zero-order valence-electron chi connectivity index (χ0n) is 10.1. The molecule has 0 radical (unpaired) electrons. The maximum Gasteiger partial charge on any atom is 0.211 e. The molecule has 0 spiro atoms. The van der Waals surface area contributed by atoms with Crippen LogP contribution in [0.4, 0.5) is 0 Å². The molecule has 1 atom stereocenters. The van der Waals surface area contributed by atoms with E-state index in [1.54, 1.807) is 0 Å². The molecule has 16 heavy (non-hydrogen) atoms. The Morgan fingerprint density at radius 2 is 2.25 bits per heavy atom. The Bertz CT molecular complexity index is 292. The molecule has 1 N–H and O–H groups in total. The highest BCUT2D eigenvalue weighted by molar-refractivity contribution is 7.89. The number of sulfonamides is 1. The van der Waals surface area contributed by atoms with Gasteiger partial charge >= 0.3 is 0 Å². The molecule has 1 saturated heterocycles. The summed E-state index contributed by atoms with van der Waals surface area (Å²) in [6, 6.07) is 0. The van der Waals surface area contributed by atoms with E-state index in [9.17, 15) is 8.42 Å². The molecule has 1 heterocycles. The lowest BCUT2D eigenvalue weighted by atomic mass is 10.3. The minimum Gasteiger partial charge on any atom is -0.374 e. The topological polar surface area (TPSA) is 58.6 Å². The third kappa shape index (κ3) is 5.25. The Morgan fingerprint density at radius 1 is 1.50 bits per heavy atom. The highest BCUT2D eigenvalue weighted by Crippen LogP contribution is 2.02. The quantitative estimate of drug-likeness (QED) is 0.723. The third-order valence-corrected chi connectivity index (χ3v) is 4.07. The third-order valence-electron chi connectivity index (χ3n) is 2.64. The summed E-state index contributed by atoms with van der Waals surface area (Å²) in [6.07, 6.45) is 1.58. The van der Waals surface area contributed by atoms with Crippen LogP contribution >= 0.6 is 0 Å². The maximum atomic E-state index is 11.5. The molecule has 96 valence electrons. The Labute approximate surface area is 98.2 Å². The zero-order chi connectivity index (χ0) is 12.0. The van der Waals surface area contributed by atoms with E-state index in [1.165, 1.54) is 0 Å². The van der Waals surface area contributed by atoms with Crippen LogP contribution in [0.5, 0.6) is 0 Å². The molecule has 0 aromatic carbocycles. The van der Waals surface area contributed by atoms with E-state index in [0.717, 1.165) is 19.5 Å². The Balaban J connectivity index is 2.27. The lowest BCUT2D eigenvalue weighted by Gasteiger charge is -2.30. The van der Waals surface area contributed by atoms with E-state index < -0.39 is 10.0 Å². The normalized spacial score (nSPS) is 23.5. The largest absolute Gasteiger partial charge is 0.374 e. The fraction of sp³-hybridized carbons (Fsp3) is 1.00. The first-order valence-corrected chi connectivity index (χ1v) is 7.46. The summed E-state index contributed by atoms with van der Waals surface area (Å²) in [5, 5.41) is 0. The van der Waals surface area contributed by atoms with E-state index in [2.05, 4.69) is 9.62 Å². The lowest BCUT2D eigenvalue weighted by Crippen LogP contribution is -2.46. The summed E-state index contributed by atoms with van der Waals surface area (Å²) in [5.41, 5.74) is 0. The minimum absolute atomic E-state index is 0.0184. The predicted molar refractivity (Wildman–Crippen MR) is 63.9 cm³/mol. The number of hydrogen-bond acceptors (Lipinski definition) is 4. The first kappa shape index (κ1) is 13.9. The van der Waals surface area contributed by atoms with E-state index in [0.29, 0.717) is 19.6 Å². The fourth-order valence-electron chi connectivity index (χ4n) is 1.62. The van der Waals surface area contributed by atoms with Gasteiger partial charge in [0.05, 0.1) is 18.5 Å². The molecule has 1 fully saturated rings. The van der Waals surface area contributed by atoms with Crippen molar-refractivity contribution in [1.82, 2.24) is 9.62 Å². The van der Waals surface area contributed by atoms with Gasteiger partial charge in [0.25, 0.3) is 0 Å².